The summed E-state index contributed by atoms with van der Waals surface area (Å²) in [6.45, 7) is 0. The summed E-state index contributed by atoms with van der Waals surface area (Å²) in [5.74, 6) is 1.67. The first-order valence-corrected chi connectivity index (χ1v) is 8.43. The standard InChI is InChI=1S/C13H12ClN2O3P/c14-10-5-6-13(15-7-10)16-20(17)8-18-11-3-1-2-4-12(11)19-9-20/h1-7H,8-9H2,(H,15,16,17). The van der Waals surface area contributed by atoms with E-state index in [0.717, 1.165) is 0 Å². The van der Waals surface area contributed by atoms with E-state index in [-0.39, 0.29) is 12.7 Å². The molecule has 0 saturated carbocycles. The summed E-state index contributed by atoms with van der Waals surface area (Å²) in [4.78, 5) is 4.07. The van der Waals surface area contributed by atoms with E-state index >= 15 is 0 Å². The largest absolute Gasteiger partial charge is 0.480 e. The monoisotopic (exact) mass is 310 g/mol. The van der Waals surface area contributed by atoms with Gasteiger partial charge in [0.25, 0.3) is 0 Å². The molecule has 0 aliphatic carbocycles. The number of fused-ring (bicyclic) bond motifs is 1. The molecule has 0 spiro atoms. The number of halogens is 1. The maximum absolute atomic E-state index is 12.7. The third-order valence-electron chi connectivity index (χ3n) is 2.75. The van der Waals surface area contributed by atoms with E-state index < -0.39 is 7.29 Å². The molecule has 2 aromatic rings. The predicted octanol–water partition coefficient (Wildman–Crippen LogP) is 3.81. The molecule has 20 heavy (non-hydrogen) atoms. The van der Waals surface area contributed by atoms with Crippen LogP contribution in [0.15, 0.2) is 42.6 Å². The molecule has 3 rings (SSSR count). The highest BCUT2D eigenvalue weighted by molar-refractivity contribution is 7.65. The van der Waals surface area contributed by atoms with Crippen molar-refractivity contribution in [3.63, 3.8) is 0 Å². The second kappa shape index (κ2) is 5.35. The van der Waals surface area contributed by atoms with E-state index in [2.05, 4.69) is 10.1 Å². The van der Waals surface area contributed by atoms with Crippen molar-refractivity contribution in [1.82, 2.24) is 4.98 Å². The molecule has 0 amide bonds. The third kappa shape index (κ3) is 2.89. The van der Waals surface area contributed by atoms with Gasteiger partial charge in [-0.25, -0.2) is 4.98 Å². The Morgan fingerprint density at radius 3 is 2.30 bits per heavy atom. The van der Waals surface area contributed by atoms with Crippen molar-refractivity contribution in [1.29, 1.82) is 0 Å². The van der Waals surface area contributed by atoms with Gasteiger partial charge in [-0.1, -0.05) is 23.7 Å². The van der Waals surface area contributed by atoms with E-state index in [4.69, 9.17) is 21.1 Å². The summed E-state index contributed by atoms with van der Waals surface area (Å²) in [6.07, 6.45) is 1.59. The second-order valence-corrected chi connectivity index (χ2v) is 7.31. The Labute approximate surface area is 121 Å². The van der Waals surface area contributed by atoms with Gasteiger partial charge in [-0.3, -0.25) is 4.57 Å². The zero-order valence-electron chi connectivity index (χ0n) is 10.5. The Hall–Kier alpha value is -1.71. The van der Waals surface area contributed by atoms with Gasteiger partial charge in [-0.05, 0) is 24.3 Å². The van der Waals surface area contributed by atoms with Crippen LogP contribution in [0.25, 0.3) is 0 Å². The summed E-state index contributed by atoms with van der Waals surface area (Å²) in [5.41, 5.74) is 0. The van der Waals surface area contributed by atoms with Gasteiger partial charge < -0.3 is 14.6 Å². The Balaban J connectivity index is 1.77. The van der Waals surface area contributed by atoms with Crippen LogP contribution < -0.4 is 14.6 Å². The fourth-order valence-corrected chi connectivity index (χ4v) is 3.35. The number of benzene rings is 1. The highest BCUT2D eigenvalue weighted by Crippen LogP contribution is 2.48. The molecule has 0 radical (unpaired) electrons. The van der Waals surface area contributed by atoms with Gasteiger partial charge in [0.2, 0.25) is 7.29 Å². The van der Waals surface area contributed by atoms with Gasteiger partial charge in [0.05, 0.1) is 5.02 Å². The van der Waals surface area contributed by atoms with Crippen LogP contribution in [-0.2, 0) is 4.57 Å². The van der Waals surface area contributed by atoms with Crippen LogP contribution in [0.1, 0.15) is 0 Å². The van der Waals surface area contributed by atoms with Crippen LogP contribution in [-0.4, -0.2) is 17.7 Å². The topological polar surface area (TPSA) is 60.5 Å². The van der Waals surface area contributed by atoms with Crippen LogP contribution >= 0.6 is 18.9 Å². The maximum atomic E-state index is 12.7. The molecule has 1 N–H and O–H groups in total. The number of pyridine rings is 1. The van der Waals surface area contributed by atoms with Crippen molar-refractivity contribution in [2.45, 2.75) is 0 Å². The summed E-state index contributed by atoms with van der Waals surface area (Å²) >= 11 is 5.77. The van der Waals surface area contributed by atoms with Crippen molar-refractivity contribution in [3.8, 4) is 11.5 Å². The molecule has 0 fully saturated rings. The van der Waals surface area contributed by atoms with Crippen molar-refractivity contribution in [2.24, 2.45) is 0 Å². The normalized spacial score (nSPS) is 16.2. The maximum Gasteiger partial charge on any atom is 0.242 e. The van der Waals surface area contributed by atoms with Crippen LogP contribution in [0, 0.1) is 0 Å². The van der Waals surface area contributed by atoms with Crippen molar-refractivity contribution in [3.05, 3.63) is 47.6 Å². The lowest BCUT2D eigenvalue weighted by Crippen LogP contribution is -2.10. The fourth-order valence-electron chi connectivity index (χ4n) is 1.79. The minimum absolute atomic E-state index is 0.0499. The van der Waals surface area contributed by atoms with E-state index in [1.165, 1.54) is 6.20 Å². The number of rotatable bonds is 2. The van der Waals surface area contributed by atoms with Crippen LogP contribution in [0.4, 0.5) is 5.82 Å². The first kappa shape index (κ1) is 13.3. The number of anilines is 1. The summed E-state index contributed by atoms with van der Waals surface area (Å²) in [7, 11) is -2.88. The van der Waals surface area contributed by atoms with Crippen LogP contribution in [0.5, 0.6) is 11.5 Å². The Morgan fingerprint density at radius 2 is 1.75 bits per heavy atom. The lowest BCUT2D eigenvalue weighted by atomic mass is 10.3. The molecule has 1 aliphatic heterocycles. The van der Waals surface area contributed by atoms with Crippen molar-refractivity contribution in [2.75, 3.05) is 17.8 Å². The minimum atomic E-state index is -2.88. The third-order valence-corrected chi connectivity index (χ3v) is 4.70. The molecule has 7 heteroatoms. The molecular weight excluding hydrogens is 299 g/mol. The number of hydrogen-bond acceptors (Lipinski definition) is 4. The van der Waals surface area contributed by atoms with Crippen molar-refractivity contribution >= 4 is 24.7 Å². The predicted molar refractivity (Wildman–Crippen MR) is 77.9 cm³/mol. The molecule has 104 valence electrons. The van der Waals surface area contributed by atoms with Crippen LogP contribution in [0.2, 0.25) is 5.02 Å². The van der Waals surface area contributed by atoms with Gasteiger partial charge >= 0.3 is 0 Å². The highest BCUT2D eigenvalue weighted by atomic mass is 35.5. The average Bonchev–Trinajstić information content (AvgIpc) is 2.62. The fraction of sp³-hybridized carbons (Fsp3) is 0.154. The number of nitrogens with one attached hydrogen (secondary N) is 1. The lowest BCUT2D eigenvalue weighted by molar-refractivity contribution is 0.355. The van der Waals surface area contributed by atoms with Gasteiger partial charge in [0.15, 0.2) is 24.2 Å². The molecule has 2 heterocycles. The van der Waals surface area contributed by atoms with E-state index in [1.54, 1.807) is 24.3 Å². The number of para-hydroxylation sites is 2. The van der Waals surface area contributed by atoms with Gasteiger partial charge in [0.1, 0.15) is 5.82 Å². The first-order valence-electron chi connectivity index (χ1n) is 5.97. The molecule has 0 unspecified atom stereocenters. The molecule has 5 nitrogen and oxygen atoms in total. The average molecular weight is 311 g/mol. The quantitative estimate of drug-likeness (QED) is 0.855. The Kier molecular flexibility index (Phi) is 3.55. The smallest absolute Gasteiger partial charge is 0.242 e. The van der Waals surface area contributed by atoms with Crippen molar-refractivity contribution < 1.29 is 14.0 Å². The minimum Gasteiger partial charge on any atom is -0.480 e. The molecular formula is C13H12ClN2O3P. The summed E-state index contributed by atoms with van der Waals surface area (Å²) in [5, 5.41) is 3.42. The second-order valence-electron chi connectivity index (χ2n) is 4.36. The van der Waals surface area contributed by atoms with E-state index in [9.17, 15) is 4.57 Å². The Morgan fingerprint density at radius 1 is 1.10 bits per heavy atom. The van der Waals surface area contributed by atoms with Gasteiger partial charge in [-0.15, -0.1) is 0 Å². The molecule has 1 aromatic carbocycles. The summed E-state index contributed by atoms with van der Waals surface area (Å²) < 4.78 is 23.9. The van der Waals surface area contributed by atoms with E-state index in [1.807, 2.05) is 12.1 Å². The molecule has 0 bridgehead atoms. The number of aromatic nitrogens is 1. The number of hydrogen-bond donors (Lipinski definition) is 1. The zero-order valence-corrected chi connectivity index (χ0v) is 12.1. The highest BCUT2D eigenvalue weighted by Gasteiger charge is 2.28. The lowest BCUT2D eigenvalue weighted by Gasteiger charge is -2.16. The first-order chi connectivity index (χ1) is 9.65. The van der Waals surface area contributed by atoms with Gasteiger partial charge in [0, 0.05) is 6.20 Å². The Bertz CT molecular complexity index is 632. The van der Waals surface area contributed by atoms with Crippen LogP contribution in [0.3, 0.4) is 0 Å². The molecule has 1 aliphatic rings. The zero-order chi connectivity index (χ0) is 14.0. The number of nitrogens with zero attached hydrogens (tertiary/aromatic N) is 1. The van der Waals surface area contributed by atoms with E-state index in [0.29, 0.717) is 22.3 Å². The van der Waals surface area contributed by atoms with Gasteiger partial charge in [-0.2, -0.15) is 0 Å². The molecule has 0 saturated heterocycles. The molecule has 1 aromatic heterocycles. The summed E-state index contributed by atoms with van der Waals surface area (Å²) in [6, 6.07) is 10.6. The molecule has 0 atom stereocenters. The SMILES string of the molecule is O=P1(Nc2ccc(Cl)cn2)COc2ccccc2OC1. The number of ether oxygens (including phenoxy) is 2.